The Bertz CT molecular complexity index is 537. The number of carbonyl (C=O) groups excluding carboxylic acids is 1. The van der Waals surface area contributed by atoms with Gasteiger partial charge in [0.25, 0.3) is 0 Å². The van der Waals surface area contributed by atoms with Gasteiger partial charge in [0.05, 0.1) is 5.02 Å². The van der Waals surface area contributed by atoms with E-state index in [0.29, 0.717) is 18.4 Å². The summed E-state index contributed by atoms with van der Waals surface area (Å²) in [6.45, 7) is 7.71. The number of rotatable bonds is 4. The Morgan fingerprint density at radius 2 is 2.27 bits per heavy atom. The molecule has 1 aliphatic heterocycles. The van der Waals surface area contributed by atoms with Crippen molar-refractivity contribution in [2.45, 2.75) is 45.7 Å². The molecule has 122 valence electrons. The summed E-state index contributed by atoms with van der Waals surface area (Å²) < 4.78 is 13.2. The molecule has 5 heteroatoms. The van der Waals surface area contributed by atoms with Gasteiger partial charge in [0, 0.05) is 31.6 Å². The molecule has 0 saturated carbocycles. The van der Waals surface area contributed by atoms with Crippen LogP contribution in [0.25, 0.3) is 0 Å². The number of benzene rings is 1. The van der Waals surface area contributed by atoms with Crippen LogP contribution >= 0.6 is 11.6 Å². The lowest BCUT2D eigenvalue weighted by atomic mass is 9.92. The molecule has 1 aromatic carbocycles. The number of piperidine rings is 1. The molecule has 2 rings (SSSR count). The molecule has 0 bridgehead atoms. The van der Waals surface area contributed by atoms with Crippen LogP contribution in [0.5, 0.6) is 0 Å². The maximum atomic E-state index is 13.2. The lowest BCUT2D eigenvalue weighted by molar-refractivity contribution is -0.132. The Morgan fingerprint density at radius 1 is 1.55 bits per heavy atom. The summed E-state index contributed by atoms with van der Waals surface area (Å²) in [5.74, 6) is 0.226. The molecule has 0 radical (unpaired) electrons. The second-order valence-corrected chi connectivity index (χ2v) is 6.53. The van der Waals surface area contributed by atoms with Gasteiger partial charge in [-0.3, -0.25) is 4.79 Å². The van der Waals surface area contributed by atoms with Crippen molar-refractivity contribution in [1.82, 2.24) is 10.2 Å². The Labute approximate surface area is 136 Å². The van der Waals surface area contributed by atoms with Crippen LogP contribution in [0, 0.1) is 11.7 Å². The molecule has 3 atom stereocenters. The molecule has 1 aliphatic rings. The highest BCUT2D eigenvalue weighted by molar-refractivity contribution is 6.30. The van der Waals surface area contributed by atoms with Gasteiger partial charge >= 0.3 is 0 Å². The zero-order valence-electron chi connectivity index (χ0n) is 13.4. The molecule has 1 fully saturated rings. The topological polar surface area (TPSA) is 32.3 Å². The van der Waals surface area contributed by atoms with E-state index in [1.807, 2.05) is 11.8 Å². The van der Waals surface area contributed by atoms with Crippen molar-refractivity contribution in [3.8, 4) is 0 Å². The van der Waals surface area contributed by atoms with Gasteiger partial charge in [0.15, 0.2) is 0 Å². The standard InChI is InChI=1S/C17H24ClFN2O/c1-4-17(22)21-8-7-16(11(2)10-21)20-12(3)13-5-6-15(19)14(18)9-13/h5-6,9,11-12,16,20H,4,7-8,10H2,1-3H3. The summed E-state index contributed by atoms with van der Waals surface area (Å²) in [6.07, 6.45) is 1.50. The molecule has 1 saturated heterocycles. The van der Waals surface area contributed by atoms with Crippen molar-refractivity contribution >= 4 is 17.5 Å². The van der Waals surface area contributed by atoms with Crippen LogP contribution in [0.15, 0.2) is 18.2 Å². The molecule has 1 aromatic rings. The van der Waals surface area contributed by atoms with Crippen LogP contribution in [0.3, 0.4) is 0 Å². The molecule has 3 unspecified atom stereocenters. The average molecular weight is 327 g/mol. The third kappa shape index (κ3) is 3.99. The van der Waals surface area contributed by atoms with E-state index in [-0.39, 0.29) is 17.0 Å². The molecule has 0 spiro atoms. The van der Waals surface area contributed by atoms with Crippen molar-refractivity contribution < 1.29 is 9.18 Å². The maximum absolute atomic E-state index is 13.2. The normalized spacial score (nSPS) is 23.4. The van der Waals surface area contributed by atoms with E-state index in [2.05, 4.69) is 19.2 Å². The second kappa shape index (κ2) is 7.42. The highest BCUT2D eigenvalue weighted by Gasteiger charge is 2.28. The first-order valence-corrected chi connectivity index (χ1v) is 8.29. The molecular weight excluding hydrogens is 303 g/mol. The largest absolute Gasteiger partial charge is 0.342 e. The fraction of sp³-hybridized carbons (Fsp3) is 0.588. The second-order valence-electron chi connectivity index (χ2n) is 6.13. The summed E-state index contributed by atoms with van der Waals surface area (Å²) in [7, 11) is 0. The molecule has 1 amide bonds. The summed E-state index contributed by atoms with van der Waals surface area (Å²) in [5.41, 5.74) is 0.977. The third-order valence-corrected chi connectivity index (χ3v) is 4.76. The van der Waals surface area contributed by atoms with Crippen LogP contribution in [-0.2, 0) is 4.79 Å². The molecule has 1 heterocycles. The Hall–Kier alpha value is -1.13. The van der Waals surface area contributed by atoms with E-state index >= 15 is 0 Å². The van der Waals surface area contributed by atoms with Crippen molar-refractivity contribution in [2.24, 2.45) is 5.92 Å². The van der Waals surface area contributed by atoms with E-state index in [4.69, 9.17) is 11.6 Å². The minimum Gasteiger partial charge on any atom is -0.342 e. The van der Waals surface area contributed by atoms with Gasteiger partial charge in [-0.15, -0.1) is 0 Å². The number of halogens is 2. The molecule has 3 nitrogen and oxygen atoms in total. The van der Waals surface area contributed by atoms with Crippen molar-refractivity contribution in [3.05, 3.63) is 34.6 Å². The van der Waals surface area contributed by atoms with E-state index < -0.39 is 5.82 Å². The predicted octanol–water partition coefficient (Wildman–Crippen LogP) is 3.78. The van der Waals surface area contributed by atoms with E-state index in [9.17, 15) is 9.18 Å². The minimum absolute atomic E-state index is 0.0963. The lowest BCUT2D eigenvalue weighted by Gasteiger charge is -2.38. The first-order chi connectivity index (χ1) is 10.4. The number of hydrogen-bond acceptors (Lipinski definition) is 2. The van der Waals surface area contributed by atoms with Crippen LogP contribution in [-0.4, -0.2) is 29.9 Å². The highest BCUT2D eigenvalue weighted by Crippen LogP contribution is 2.24. The van der Waals surface area contributed by atoms with Gasteiger partial charge in [0.2, 0.25) is 5.91 Å². The smallest absolute Gasteiger partial charge is 0.222 e. The Balaban J connectivity index is 1.96. The Kier molecular flexibility index (Phi) is 5.81. The summed E-state index contributed by atoms with van der Waals surface area (Å²) in [5, 5.41) is 3.75. The van der Waals surface area contributed by atoms with Crippen LogP contribution in [0.2, 0.25) is 5.02 Å². The van der Waals surface area contributed by atoms with Gasteiger partial charge in [-0.2, -0.15) is 0 Å². The molecule has 0 aromatic heterocycles. The summed E-state index contributed by atoms with van der Waals surface area (Å²) >= 11 is 5.85. The highest BCUT2D eigenvalue weighted by atomic mass is 35.5. The minimum atomic E-state index is -0.391. The fourth-order valence-corrected chi connectivity index (χ4v) is 3.23. The van der Waals surface area contributed by atoms with E-state index in [0.717, 1.165) is 25.1 Å². The van der Waals surface area contributed by atoms with Crippen LogP contribution in [0.4, 0.5) is 4.39 Å². The number of amides is 1. The number of carbonyl (C=O) groups is 1. The first kappa shape index (κ1) is 17.2. The van der Waals surface area contributed by atoms with Gasteiger partial charge in [-0.25, -0.2) is 4.39 Å². The molecule has 22 heavy (non-hydrogen) atoms. The molecular formula is C17H24ClFN2O. The average Bonchev–Trinajstić information content (AvgIpc) is 2.51. The van der Waals surface area contributed by atoms with Crippen molar-refractivity contribution in [2.75, 3.05) is 13.1 Å². The predicted molar refractivity (Wildman–Crippen MR) is 87.4 cm³/mol. The molecule has 1 N–H and O–H groups in total. The van der Waals surface area contributed by atoms with Crippen molar-refractivity contribution in [1.29, 1.82) is 0 Å². The number of nitrogens with zero attached hydrogens (tertiary/aromatic N) is 1. The number of hydrogen-bond donors (Lipinski definition) is 1. The first-order valence-electron chi connectivity index (χ1n) is 7.91. The zero-order chi connectivity index (χ0) is 16.3. The number of nitrogens with one attached hydrogen (secondary N) is 1. The number of likely N-dealkylation sites (tertiary alicyclic amines) is 1. The van der Waals surface area contributed by atoms with E-state index in [1.54, 1.807) is 12.1 Å². The Morgan fingerprint density at radius 3 is 2.86 bits per heavy atom. The van der Waals surface area contributed by atoms with Gasteiger partial charge in [0.1, 0.15) is 5.82 Å². The van der Waals surface area contributed by atoms with Gasteiger partial charge in [-0.1, -0.05) is 31.5 Å². The monoisotopic (exact) mass is 326 g/mol. The zero-order valence-corrected chi connectivity index (χ0v) is 14.2. The maximum Gasteiger partial charge on any atom is 0.222 e. The van der Waals surface area contributed by atoms with Gasteiger partial charge < -0.3 is 10.2 Å². The third-order valence-electron chi connectivity index (χ3n) is 4.47. The lowest BCUT2D eigenvalue weighted by Crippen LogP contribution is -2.50. The SMILES string of the molecule is CCC(=O)N1CCC(NC(C)c2ccc(F)c(Cl)c2)C(C)C1. The van der Waals surface area contributed by atoms with E-state index in [1.165, 1.54) is 6.07 Å². The summed E-state index contributed by atoms with van der Waals surface area (Å²) in [6, 6.07) is 5.29. The molecule has 0 aliphatic carbocycles. The summed E-state index contributed by atoms with van der Waals surface area (Å²) in [4.78, 5) is 13.7. The van der Waals surface area contributed by atoms with Crippen LogP contribution in [0.1, 0.15) is 45.2 Å². The fourth-order valence-electron chi connectivity index (χ4n) is 3.04. The van der Waals surface area contributed by atoms with Gasteiger partial charge in [-0.05, 0) is 37.0 Å². The van der Waals surface area contributed by atoms with Crippen LogP contribution < -0.4 is 5.32 Å². The quantitative estimate of drug-likeness (QED) is 0.913. The van der Waals surface area contributed by atoms with Crippen molar-refractivity contribution in [3.63, 3.8) is 0 Å².